The monoisotopic (exact) mass is 377 g/mol. The second kappa shape index (κ2) is 7.58. The molecule has 5 nitrogen and oxygen atoms in total. The van der Waals surface area contributed by atoms with Gasteiger partial charge >= 0.3 is 0 Å². The van der Waals surface area contributed by atoms with Gasteiger partial charge in [-0.1, -0.05) is 12.1 Å². The van der Waals surface area contributed by atoms with Crippen LogP contribution in [-0.4, -0.2) is 30.5 Å². The van der Waals surface area contributed by atoms with Gasteiger partial charge in [-0.3, -0.25) is 0 Å². The van der Waals surface area contributed by atoms with Crippen molar-refractivity contribution in [3.05, 3.63) is 53.1 Å². The van der Waals surface area contributed by atoms with E-state index in [0.717, 1.165) is 60.1 Å². The number of methoxy groups -OCH3 is 2. The van der Waals surface area contributed by atoms with E-state index >= 15 is 0 Å². The number of fused-ring (bicyclic) bond motifs is 1. The molecule has 0 radical (unpaired) electrons. The number of aryl methyl sites for hydroxylation is 2. The summed E-state index contributed by atoms with van der Waals surface area (Å²) in [4.78, 5) is 0. The summed E-state index contributed by atoms with van der Waals surface area (Å²) < 4.78 is 13.0. The van der Waals surface area contributed by atoms with Gasteiger partial charge in [0, 0.05) is 23.7 Å². The Morgan fingerprint density at radius 3 is 2.43 bits per heavy atom. The molecule has 0 spiro atoms. The Bertz CT molecular complexity index is 985. The molecular formula is C23H27N3O2. The van der Waals surface area contributed by atoms with E-state index in [1.165, 1.54) is 16.7 Å². The van der Waals surface area contributed by atoms with E-state index in [2.05, 4.69) is 42.0 Å². The van der Waals surface area contributed by atoms with E-state index in [0.29, 0.717) is 0 Å². The van der Waals surface area contributed by atoms with Gasteiger partial charge in [0.1, 0.15) is 17.3 Å². The summed E-state index contributed by atoms with van der Waals surface area (Å²) in [6, 6.07) is 12.5. The average Bonchev–Trinajstić information content (AvgIpc) is 2.90. The van der Waals surface area contributed by atoms with Gasteiger partial charge in [0.2, 0.25) is 0 Å². The lowest BCUT2D eigenvalue weighted by atomic mass is 10.0. The number of hydrogen-bond donors (Lipinski definition) is 1. The summed E-state index contributed by atoms with van der Waals surface area (Å²) in [5.74, 6) is 2.64. The van der Waals surface area contributed by atoms with Crippen molar-refractivity contribution in [2.24, 2.45) is 0 Å². The minimum absolute atomic E-state index is 0.769. The van der Waals surface area contributed by atoms with Crippen molar-refractivity contribution in [2.75, 3.05) is 26.1 Å². The first-order chi connectivity index (χ1) is 13.6. The third-order valence-corrected chi connectivity index (χ3v) is 5.35. The molecule has 0 unspecified atom stereocenters. The predicted molar refractivity (Wildman–Crippen MR) is 113 cm³/mol. The Morgan fingerprint density at radius 1 is 0.964 bits per heavy atom. The molecule has 0 amide bonds. The predicted octanol–water partition coefficient (Wildman–Crippen LogP) is 4.92. The largest absolute Gasteiger partial charge is 0.497 e. The fourth-order valence-corrected chi connectivity index (χ4v) is 3.80. The Balaban J connectivity index is 1.94. The van der Waals surface area contributed by atoms with Crippen LogP contribution >= 0.6 is 0 Å². The highest BCUT2D eigenvalue weighted by atomic mass is 16.5. The lowest BCUT2D eigenvalue weighted by Crippen LogP contribution is -2.08. The highest BCUT2D eigenvalue weighted by Gasteiger charge is 2.23. The molecule has 2 aromatic carbocycles. The molecule has 2 heterocycles. The SMILES string of the molecule is COc1cc(OC)cc(-c2nn(-c3cc(C)ccc3C)c3c2CCCCN3)c1. The number of rotatable bonds is 4. The summed E-state index contributed by atoms with van der Waals surface area (Å²) in [7, 11) is 3.35. The van der Waals surface area contributed by atoms with Gasteiger partial charge in [-0.25, -0.2) is 4.68 Å². The second-order valence-corrected chi connectivity index (χ2v) is 7.36. The van der Waals surface area contributed by atoms with Crippen molar-refractivity contribution in [3.63, 3.8) is 0 Å². The smallest absolute Gasteiger partial charge is 0.133 e. The van der Waals surface area contributed by atoms with Crippen LogP contribution in [0.4, 0.5) is 5.82 Å². The average molecular weight is 377 g/mol. The molecule has 1 aliphatic heterocycles. The maximum absolute atomic E-state index is 5.48. The lowest BCUT2D eigenvalue weighted by Gasteiger charge is -2.12. The molecule has 1 aromatic heterocycles. The van der Waals surface area contributed by atoms with Crippen LogP contribution in [0.25, 0.3) is 16.9 Å². The number of nitrogens with zero attached hydrogens (tertiary/aromatic N) is 2. The fourth-order valence-electron chi connectivity index (χ4n) is 3.80. The Hall–Kier alpha value is -2.95. The molecule has 146 valence electrons. The molecule has 0 atom stereocenters. The second-order valence-electron chi connectivity index (χ2n) is 7.36. The van der Waals surface area contributed by atoms with Crippen LogP contribution in [0.3, 0.4) is 0 Å². The molecule has 0 saturated carbocycles. The molecule has 3 aromatic rings. The summed E-state index contributed by atoms with van der Waals surface area (Å²) in [6.07, 6.45) is 3.30. The standard InChI is InChI=1S/C23H27N3O2/c1-15-8-9-16(2)21(11-15)26-23-20(7-5-6-10-24-23)22(25-26)17-12-18(27-3)14-19(13-17)28-4/h8-9,11-14,24H,5-7,10H2,1-4H3. The molecule has 0 aliphatic carbocycles. The van der Waals surface area contributed by atoms with Crippen LogP contribution in [-0.2, 0) is 6.42 Å². The fraction of sp³-hybridized carbons (Fsp3) is 0.348. The first-order valence-corrected chi connectivity index (χ1v) is 9.77. The number of anilines is 1. The van der Waals surface area contributed by atoms with Gasteiger partial charge in [0.05, 0.1) is 25.6 Å². The van der Waals surface area contributed by atoms with Crippen molar-refractivity contribution in [1.29, 1.82) is 0 Å². The van der Waals surface area contributed by atoms with Gasteiger partial charge in [-0.05, 0) is 62.4 Å². The molecule has 5 heteroatoms. The quantitative estimate of drug-likeness (QED) is 0.701. The number of benzene rings is 2. The first-order valence-electron chi connectivity index (χ1n) is 9.77. The van der Waals surface area contributed by atoms with Gasteiger partial charge in [0.15, 0.2) is 0 Å². The molecule has 4 rings (SSSR count). The van der Waals surface area contributed by atoms with Crippen LogP contribution in [0.15, 0.2) is 36.4 Å². The Morgan fingerprint density at radius 2 is 1.71 bits per heavy atom. The topological polar surface area (TPSA) is 48.3 Å². The zero-order valence-corrected chi connectivity index (χ0v) is 17.0. The van der Waals surface area contributed by atoms with Crippen molar-refractivity contribution in [3.8, 4) is 28.4 Å². The molecule has 0 fully saturated rings. The highest BCUT2D eigenvalue weighted by molar-refractivity contribution is 5.73. The maximum Gasteiger partial charge on any atom is 0.133 e. The minimum atomic E-state index is 0.769. The summed E-state index contributed by atoms with van der Waals surface area (Å²) in [5.41, 5.74) is 6.81. The molecular weight excluding hydrogens is 350 g/mol. The first kappa shape index (κ1) is 18.4. The van der Waals surface area contributed by atoms with Crippen LogP contribution in [0, 0.1) is 13.8 Å². The van der Waals surface area contributed by atoms with Crippen molar-refractivity contribution >= 4 is 5.82 Å². The number of nitrogens with one attached hydrogen (secondary N) is 1. The molecule has 1 aliphatic rings. The summed E-state index contributed by atoms with van der Waals surface area (Å²) >= 11 is 0. The zero-order valence-electron chi connectivity index (χ0n) is 17.0. The summed E-state index contributed by atoms with van der Waals surface area (Å²) in [5, 5.41) is 8.69. The normalized spacial score (nSPS) is 13.4. The van der Waals surface area contributed by atoms with Crippen molar-refractivity contribution < 1.29 is 9.47 Å². The van der Waals surface area contributed by atoms with Crippen molar-refractivity contribution in [2.45, 2.75) is 33.1 Å². The van der Waals surface area contributed by atoms with E-state index in [1.807, 2.05) is 18.2 Å². The maximum atomic E-state index is 5.48. The lowest BCUT2D eigenvalue weighted by molar-refractivity contribution is 0.394. The minimum Gasteiger partial charge on any atom is -0.497 e. The van der Waals surface area contributed by atoms with Crippen LogP contribution < -0.4 is 14.8 Å². The van der Waals surface area contributed by atoms with Crippen LogP contribution in [0.5, 0.6) is 11.5 Å². The van der Waals surface area contributed by atoms with Crippen LogP contribution in [0.1, 0.15) is 29.5 Å². The van der Waals surface area contributed by atoms with Gasteiger partial charge in [-0.2, -0.15) is 5.10 Å². The van der Waals surface area contributed by atoms with E-state index < -0.39 is 0 Å². The van der Waals surface area contributed by atoms with E-state index in [-0.39, 0.29) is 0 Å². The van der Waals surface area contributed by atoms with Crippen molar-refractivity contribution in [1.82, 2.24) is 9.78 Å². The third kappa shape index (κ3) is 3.33. The molecule has 0 saturated heterocycles. The molecule has 28 heavy (non-hydrogen) atoms. The van der Waals surface area contributed by atoms with Gasteiger partial charge in [-0.15, -0.1) is 0 Å². The number of ether oxygens (including phenoxy) is 2. The highest BCUT2D eigenvalue weighted by Crippen LogP contribution is 2.37. The number of aromatic nitrogens is 2. The van der Waals surface area contributed by atoms with Crippen LogP contribution in [0.2, 0.25) is 0 Å². The van der Waals surface area contributed by atoms with E-state index in [9.17, 15) is 0 Å². The van der Waals surface area contributed by atoms with Gasteiger partial charge in [0.25, 0.3) is 0 Å². The molecule has 0 bridgehead atoms. The summed E-state index contributed by atoms with van der Waals surface area (Å²) in [6.45, 7) is 5.21. The Kier molecular flexibility index (Phi) is 4.99. The van der Waals surface area contributed by atoms with Gasteiger partial charge < -0.3 is 14.8 Å². The third-order valence-electron chi connectivity index (χ3n) is 5.35. The molecule has 1 N–H and O–H groups in total. The Labute approximate surface area is 166 Å². The zero-order chi connectivity index (χ0) is 19.7. The number of hydrogen-bond acceptors (Lipinski definition) is 4. The van der Waals surface area contributed by atoms with E-state index in [4.69, 9.17) is 14.6 Å². The van der Waals surface area contributed by atoms with E-state index in [1.54, 1.807) is 14.2 Å².